The predicted octanol–water partition coefficient (Wildman–Crippen LogP) is 3.08. The van der Waals surface area contributed by atoms with E-state index in [-0.39, 0.29) is 27.8 Å². The molecule has 1 saturated carbocycles. The molecule has 0 saturated heterocycles. The van der Waals surface area contributed by atoms with E-state index in [2.05, 4.69) is 4.74 Å². The summed E-state index contributed by atoms with van der Waals surface area (Å²) in [6.45, 7) is 0. The number of hydrogen-bond acceptors (Lipinski definition) is 5. The highest BCUT2D eigenvalue weighted by Gasteiger charge is 2.44. The van der Waals surface area contributed by atoms with Crippen molar-refractivity contribution in [2.75, 3.05) is 24.3 Å². The fraction of sp³-hybridized carbons (Fsp3) is 0.462. The summed E-state index contributed by atoms with van der Waals surface area (Å²) in [7, 11) is 1.36. The van der Waals surface area contributed by atoms with Crippen LogP contribution >= 0.6 is 23.4 Å². The third-order valence-corrected chi connectivity index (χ3v) is 5.29. The number of esters is 1. The minimum absolute atomic E-state index is 0.107. The van der Waals surface area contributed by atoms with Crippen LogP contribution < -0.4 is 11.5 Å². The molecule has 110 valence electrons. The standard InChI is InChI=1S/C13H16ClFN2O2S/c1-19-9(18)5-13(2-3-13)6-20-12-8(17)4-7(16)10(14)11(12)15/h4H,2-3,5-6,16-17H2,1H3. The maximum atomic E-state index is 14.0. The van der Waals surface area contributed by atoms with Crippen LogP contribution in [0, 0.1) is 11.2 Å². The van der Waals surface area contributed by atoms with E-state index in [0.29, 0.717) is 17.1 Å². The van der Waals surface area contributed by atoms with E-state index in [1.165, 1.54) is 24.9 Å². The van der Waals surface area contributed by atoms with Crippen molar-refractivity contribution in [1.82, 2.24) is 0 Å². The molecule has 0 bridgehead atoms. The zero-order valence-electron chi connectivity index (χ0n) is 11.0. The largest absolute Gasteiger partial charge is 0.469 e. The summed E-state index contributed by atoms with van der Waals surface area (Å²) >= 11 is 7.05. The van der Waals surface area contributed by atoms with Gasteiger partial charge in [-0.1, -0.05) is 11.6 Å². The molecule has 20 heavy (non-hydrogen) atoms. The zero-order chi connectivity index (χ0) is 14.9. The molecule has 0 amide bonds. The van der Waals surface area contributed by atoms with Gasteiger partial charge in [-0.15, -0.1) is 11.8 Å². The van der Waals surface area contributed by atoms with E-state index in [1.807, 2.05) is 0 Å². The number of anilines is 2. The van der Waals surface area contributed by atoms with E-state index in [1.54, 1.807) is 0 Å². The number of hydrogen-bond donors (Lipinski definition) is 2. The Hall–Kier alpha value is -1.14. The second-order valence-electron chi connectivity index (χ2n) is 5.05. The summed E-state index contributed by atoms with van der Waals surface area (Å²) in [6.07, 6.45) is 2.21. The summed E-state index contributed by atoms with van der Waals surface area (Å²) in [4.78, 5) is 11.6. The fourth-order valence-electron chi connectivity index (χ4n) is 1.95. The molecule has 0 heterocycles. The van der Waals surface area contributed by atoms with Gasteiger partial charge in [-0.05, 0) is 24.3 Å². The molecule has 4 nitrogen and oxygen atoms in total. The minimum Gasteiger partial charge on any atom is -0.469 e. The van der Waals surface area contributed by atoms with Crippen LogP contribution in [0.2, 0.25) is 5.02 Å². The van der Waals surface area contributed by atoms with E-state index in [4.69, 9.17) is 23.1 Å². The number of nitrogen functional groups attached to an aromatic ring is 2. The van der Waals surface area contributed by atoms with Crippen LogP contribution in [-0.4, -0.2) is 18.8 Å². The van der Waals surface area contributed by atoms with Crippen molar-refractivity contribution in [3.05, 3.63) is 16.9 Å². The summed E-state index contributed by atoms with van der Waals surface area (Å²) in [5.74, 6) is -0.237. The van der Waals surface area contributed by atoms with Crippen LogP contribution in [0.5, 0.6) is 0 Å². The minimum atomic E-state index is -0.594. The van der Waals surface area contributed by atoms with Crippen molar-refractivity contribution < 1.29 is 13.9 Å². The van der Waals surface area contributed by atoms with E-state index in [9.17, 15) is 9.18 Å². The first-order valence-corrected chi connectivity index (χ1v) is 7.47. The number of carbonyl (C=O) groups is 1. The highest BCUT2D eigenvalue weighted by Crippen LogP contribution is 2.53. The Morgan fingerprint density at radius 3 is 2.70 bits per heavy atom. The molecule has 0 atom stereocenters. The molecule has 1 aromatic rings. The van der Waals surface area contributed by atoms with Gasteiger partial charge in [-0.3, -0.25) is 4.79 Å². The van der Waals surface area contributed by atoms with Crippen LogP contribution in [0.1, 0.15) is 19.3 Å². The molecule has 4 N–H and O–H groups in total. The fourth-order valence-corrected chi connectivity index (χ4v) is 3.45. The smallest absolute Gasteiger partial charge is 0.306 e. The van der Waals surface area contributed by atoms with Gasteiger partial charge in [0.05, 0.1) is 29.8 Å². The van der Waals surface area contributed by atoms with Gasteiger partial charge >= 0.3 is 5.97 Å². The van der Waals surface area contributed by atoms with Gasteiger partial charge in [-0.2, -0.15) is 0 Å². The first-order valence-electron chi connectivity index (χ1n) is 6.11. The lowest BCUT2D eigenvalue weighted by molar-refractivity contribution is -0.141. The average Bonchev–Trinajstić information content (AvgIpc) is 3.15. The molecule has 1 aliphatic carbocycles. The zero-order valence-corrected chi connectivity index (χ0v) is 12.6. The van der Waals surface area contributed by atoms with E-state index in [0.717, 1.165) is 12.8 Å². The third-order valence-electron chi connectivity index (χ3n) is 3.45. The van der Waals surface area contributed by atoms with Crippen LogP contribution in [0.3, 0.4) is 0 Å². The molecule has 0 unspecified atom stereocenters. The molecular formula is C13H16ClFN2O2S. The number of ether oxygens (including phenoxy) is 1. The van der Waals surface area contributed by atoms with Crippen LogP contribution in [0.4, 0.5) is 15.8 Å². The number of methoxy groups -OCH3 is 1. The van der Waals surface area contributed by atoms with Gasteiger partial charge in [-0.25, -0.2) is 4.39 Å². The van der Waals surface area contributed by atoms with Gasteiger partial charge in [0.15, 0.2) is 5.82 Å². The van der Waals surface area contributed by atoms with Gasteiger partial charge in [0.2, 0.25) is 0 Å². The predicted molar refractivity (Wildman–Crippen MR) is 79.3 cm³/mol. The quantitative estimate of drug-likeness (QED) is 0.495. The highest BCUT2D eigenvalue weighted by molar-refractivity contribution is 7.99. The Morgan fingerprint density at radius 2 is 2.15 bits per heavy atom. The Labute approximate surface area is 126 Å². The summed E-state index contributed by atoms with van der Waals surface area (Å²) in [6, 6.07) is 1.45. The second kappa shape index (κ2) is 5.69. The molecular weight excluding hydrogens is 303 g/mol. The van der Waals surface area contributed by atoms with Gasteiger partial charge in [0, 0.05) is 5.75 Å². The normalized spacial score (nSPS) is 15.9. The summed E-state index contributed by atoms with van der Waals surface area (Å²) in [5.41, 5.74) is 11.6. The average molecular weight is 319 g/mol. The lowest BCUT2D eigenvalue weighted by Crippen LogP contribution is -2.13. The SMILES string of the molecule is COC(=O)CC1(CSc2c(N)cc(N)c(Cl)c2F)CC1. The summed E-state index contributed by atoms with van der Waals surface area (Å²) in [5, 5.41) is -0.112. The maximum absolute atomic E-state index is 14.0. The molecule has 0 aromatic heterocycles. The Bertz CT molecular complexity index is 550. The molecule has 1 fully saturated rings. The molecule has 1 aliphatic rings. The second-order valence-corrected chi connectivity index (χ2v) is 6.42. The Morgan fingerprint density at radius 1 is 1.50 bits per heavy atom. The van der Waals surface area contributed by atoms with Crippen molar-refractivity contribution in [3.8, 4) is 0 Å². The summed E-state index contributed by atoms with van der Waals surface area (Å²) < 4.78 is 18.7. The van der Waals surface area contributed by atoms with Crippen LogP contribution in [0.25, 0.3) is 0 Å². The topological polar surface area (TPSA) is 78.3 Å². The highest BCUT2D eigenvalue weighted by atomic mass is 35.5. The first-order chi connectivity index (χ1) is 9.38. The molecule has 0 aliphatic heterocycles. The van der Waals surface area contributed by atoms with Crippen molar-refractivity contribution in [2.24, 2.45) is 5.41 Å². The number of nitrogens with two attached hydrogens (primary N) is 2. The third kappa shape index (κ3) is 3.12. The molecule has 2 rings (SSSR count). The number of rotatable bonds is 5. The molecule has 1 aromatic carbocycles. The molecule has 0 spiro atoms. The van der Waals surface area contributed by atoms with E-state index < -0.39 is 5.82 Å². The monoisotopic (exact) mass is 318 g/mol. The maximum Gasteiger partial charge on any atom is 0.306 e. The number of carbonyl (C=O) groups excluding carboxylic acids is 1. The van der Waals surface area contributed by atoms with Crippen molar-refractivity contribution in [3.63, 3.8) is 0 Å². The van der Waals surface area contributed by atoms with Crippen molar-refractivity contribution in [2.45, 2.75) is 24.2 Å². The van der Waals surface area contributed by atoms with Crippen molar-refractivity contribution in [1.29, 1.82) is 0 Å². The van der Waals surface area contributed by atoms with Gasteiger partial charge in [0.25, 0.3) is 0 Å². The van der Waals surface area contributed by atoms with E-state index >= 15 is 0 Å². The number of halogens is 2. The van der Waals surface area contributed by atoms with Crippen molar-refractivity contribution >= 4 is 40.7 Å². The Balaban J connectivity index is 2.09. The van der Waals surface area contributed by atoms with Crippen LogP contribution in [0.15, 0.2) is 11.0 Å². The van der Waals surface area contributed by atoms with Crippen LogP contribution in [-0.2, 0) is 9.53 Å². The van der Waals surface area contributed by atoms with Gasteiger partial charge < -0.3 is 16.2 Å². The first kappa shape index (κ1) is 15.3. The lowest BCUT2D eigenvalue weighted by Gasteiger charge is -2.15. The number of thioether (sulfide) groups is 1. The Kier molecular flexibility index (Phi) is 4.34. The van der Waals surface area contributed by atoms with Gasteiger partial charge in [0.1, 0.15) is 5.02 Å². The molecule has 0 radical (unpaired) electrons. The number of benzene rings is 1. The lowest BCUT2D eigenvalue weighted by atomic mass is 10.1. The molecule has 7 heteroatoms.